The molecule has 0 unspecified atom stereocenters. The maximum atomic E-state index is 12.5. The lowest BCUT2D eigenvalue weighted by Gasteiger charge is -2.24. The van der Waals surface area contributed by atoms with E-state index in [1.54, 1.807) is 38.1 Å². The van der Waals surface area contributed by atoms with Crippen LogP contribution in [0.15, 0.2) is 50.5 Å². The van der Waals surface area contributed by atoms with Crippen LogP contribution in [-0.2, 0) is 10.2 Å². The van der Waals surface area contributed by atoms with E-state index in [-0.39, 0.29) is 34.1 Å². The Bertz CT molecular complexity index is 1690. The fraction of sp³-hybridized carbons (Fsp3) is 0.208. The van der Waals surface area contributed by atoms with E-state index in [0.717, 1.165) is 0 Å². The van der Waals surface area contributed by atoms with Crippen LogP contribution in [0.1, 0.15) is 42.6 Å². The predicted molar refractivity (Wildman–Crippen MR) is 142 cm³/mol. The Balaban J connectivity index is 1.73. The first-order chi connectivity index (χ1) is 18.4. The van der Waals surface area contributed by atoms with E-state index >= 15 is 0 Å². The summed E-state index contributed by atoms with van der Waals surface area (Å²) in [6.45, 7) is 5.06. The minimum atomic E-state index is -1.18. The van der Waals surface area contributed by atoms with Gasteiger partial charge in [0.1, 0.15) is 0 Å². The standard InChI is InChI=1S/C24H19Cl3N6O6/c1-4-38-23(37)29-19(35)17-18(34)28-22(36)33(31-17)11-9-14(26)16(15(27)10-11)24(2,3)21-30-20(39-32-21)12-7-5-6-8-13(12)25/h5-10H,4H2,1-3H3,(H,28,34,36)(H,29,35,37). The second-order valence-electron chi connectivity index (χ2n) is 8.51. The van der Waals surface area contributed by atoms with Crippen molar-refractivity contribution in [3.8, 4) is 17.1 Å². The summed E-state index contributed by atoms with van der Waals surface area (Å²) in [6.07, 6.45) is -1.08. The van der Waals surface area contributed by atoms with E-state index in [9.17, 15) is 19.2 Å². The first kappa shape index (κ1) is 28.0. The van der Waals surface area contributed by atoms with Crippen molar-refractivity contribution in [2.24, 2.45) is 0 Å². The topological polar surface area (TPSA) is 162 Å². The Morgan fingerprint density at radius 3 is 2.41 bits per heavy atom. The molecule has 0 atom stereocenters. The van der Waals surface area contributed by atoms with Gasteiger partial charge in [-0.15, -0.1) is 0 Å². The number of hydrogen-bond donors (Lipinski definition) is 2. The summed E-state index contributed by atoms with van der Waals surface area (Å²) in [5.41, 5.74) is -2.86. The highest BCUT2D eigenvalue weighted by molar-refractivity contribution is 6.36. The molecule has 2 heterocycles. The number of imide groups is 1. The zero-order chi connectivity index (χ0) is 28.5. The maximum Gasteiger partial charge on any atom is 0.414 e. The summed E-state index contributed by atoms with van der Waals surface area (Å²) in [4.78, 5) is 55.1. The molecule has 0 saturated carbocycles. The number of hydrogen-bond acceptors (Lipinski definition) is 9. The molecule has 39 heavy (non-hydrogen) atoms. The van der Waals surface area contributed by atoms with Gasteiger partial charge in [0.25, 0.3) is 17.4 Å². The summed E-state index contributed by atoms with van der Waals surface area (Å²) in [5.74, 6) is -0.721. The maximum absolute atomic E-state index is 12.5. The number of amides is 2. The van der Waals surface area contributed by atoms with Crippen LogP contribution in [-0.4, -0.2) is 43.5 Å². The van der Waals surface area contributed by atoms with Gasteiger partial charge in [-0.3, -0.25) is 19.9 Å². The van der Waals surface area contributed by atoms with Crippen molar-refractivity contribution in [2.75, 3.05) is 6.61 Å². The number of nitrogens with one attached hydrogen (secondary N) is 2. The van der Waals surface area contributed by atoms with Crippen LogP contribution in [0.3, 0.4) is 0 Å². The van der Waals surface area contributed by atoms with Gasteiger partial charge in [0.05, 0.1) is 28.3 Å². The van der Waals surface area contributed by atoms with Crippen LogP contribution in [0.25, 0.3) is 17.1 Å². The minimum Gasteiger partial charge on any atom is -0.450 e. The average Bonchev–Trinajstić information content (AvgIpc) is 3.35. The molecule has 12 nitrogen and oxygen atoms in total. The fourth-order valence-corrected chi connectivity index (χ4v) is 4.82. The van der Waals surface area contributed by atoms with Gasteiger partial charge in [-0.1, -0.05) is 52.1 Å². The summed E-state index contributed by atoms with van der Waals surface area (Å²) in [6, 6.07) is 9.70. The van der Waals surface area contributed by atoms with Crippen LogP contribution in [0, 0.1) is 0 Å². The van der Waals surface area contributed by atoms with Crippen molar-refractivity contribution in [3.63, 3.8) is 0 Å². The Morgan fingerprint density at radius 2 is 1.77 bits per heavy atom. The van der Waals surface area contributed by atoms with Crippen LogP contribution in [0.2, 0.25) is 15.1 Å². The molecule has 0 aliphatic heterocycles. The Morgan fingerprint density at radius 1 is 1.10 bits per heavy atom. The number of aromatic amines is 1. The monoisotopic (exact) mass is 592 g/mol. The quantitative estimate of drug-likeness (QED) is 0.334. The van der Waals surface area contributed by atoms with Gasteiger partial charge in [0, 0.05) is 15.6 Å². The molecule has 2 N–H and O–H groups in total. The summed E-state index contributed by atoms with van der Waals surface area (Å²) in [7, 11) is 0. The number of alkyl carbamates (subject to hydrolysis) is 1. The SMILES string of the molecule is CCOC(=O)NC(=O)c1nn(-c2cc(Cl)c(C(C)(C)c3noc(-c4ccccc4Cl)n3)c(Cl)c2)c(=O)[nH]c1=O. The zero-order valence-electron chi connectivity index (χ0n) is 20.5. The summed E-state index contributed by atoms with van der Waals surface area (Å²) in [5, 5.41) is 10.4. The molecule has 2 amide bonds. The number of nitrogens with zero attached hydrogens (tertiary/aromatic N) is 4. The second-order valence-corrected chi connectivity index (χ2v) is 9.73. The van der Waals surface area contributed by atoms with E-state index in [2.05, 4.69) is 20.0 Å². The molecular formula is C24H19Cl3N6O6. The van der Waals surface area contributed by atoms with Crippen LogP contribution >= 0.6 is 34.8 Å². The van der Waals surface area contributed by atoms with Crippen molar-refractivity contribution >= 4 is 46.8 Å². The molecule has 4 aromatic rings. The van der Waals surface area contributed by atoms with E-state index < -0.39 is 34.4 Å². The number of carbonyl (C=O) groups is 2. The molecular weight excluding hydrogens is 575 g/mol. The molecule has 0 saturated heterocycles. The number of carbonyl (C=O) groups excluding carboxylic acids is 2. The van der Waals surface area contributed by atoms with Gasteiger partial charge in [-0.2, -0.15) is 14.8 Å². The number of ether oxygens (including phenoxy) is 1. The Hall–Kier alpha value is -4.00. The van der Waals surface area contributed by atoms with E-state index in [4.69, 9.17) is 39.3 Å². The lowest BCUT2D eigenvalue weighted by Crippen LogP contribution is -2.41. The minimum absolute atomic E-state index is 0.00668. The number of H-pyrrole nitrogens is 1. The normalized spacial score (nSPS) is 11.3. The molecule has 0 aliphatic carbocycles. The van der Waals surface area contributed by atoms with Crippen LogP contribution in [0.4, 0.5) is 4.79 Å². The number of halogens is 3. The molecule has 202 valence electrons. The molecule has 0 aliphatic rings. The van der Waals surface area contributed by atoms with Gasteiger partial charge >= 0.3 is 11.8 Å². The molecule has 0 bridgehead atoms. The Labute approximate surface area is 234 Å². The van der Waals surface area contributed by atoms with Gasteiger partial charge in [0.15, 0.2) is 5.82 Å². The first-order valence-electron chi connectivity index (χ1n) is 11.2. The molecule has 0 spiro atoms. The fourth-order valence-electron chi connectivity index (χ4n) is 3.65. The highest BCUT2D eigenvalue weighted by Crippen LogP contribution is 2.41. The highest BCUT2D eigenvalue weighted by atomic mass is 35.5. The largest absolute Gasteiger partial charge is 0.450 e. The number of rotatable bonds is 6. The van der Waals surface area contributed by atoms with Crippen molar-refractivity contribution in [3.05, 3.63) is 89.4 Å². The summed E-state index contributed by atoms with van der Waals surface area (Å²) < 4.78 is 10.8. The lowest BCUT2D eigenvalue weighted by atomic mass is 9.83. The third-order valence-electron chi connectivity index (χ3n) is 5.52. The molecule has 2 aromatic carbocycles. The van der Waals surface area contributed by atoms with Crippen molar-refractivity contribution in [2.45, 2.75) is 26.2 Å². The second kappa shape index (κ2) is 11.0. The van der Waals surface area contributed by atoms with E-state index in [1.807, 2.05) is 10.3 Å². The molecule has 0 radical (unpaired) electrons. The molecule has 0 fully saturated rings. The third kappa shape index (κ3) is 5.58. The van der Waals surface area contributed by atoms with Crippen molar-refractivity contribution in [1.82, 2.24) is 30.2 Å². The van der Waals surface area contributed by atoms with Crippen LogP contribution < -0.4 is 16.6 Å². The van der Waals surface area contributed by atoms with E-state index in [0.29, 0.717) is 20.8 Å². The lowest BCUT2D eigenvalue weighted by molar-refractivity contribution is 0.0916. The predicted octanol–water partition coefficient (Wildman–Crippen LogP) is 4.14. The van der Waals surface area contributed by atoms with Gasteiger partial charge in [0.2, 0.25) is 5.69 Å². The smallest absolute Gasteiger partial charge is 0.414 e. The van der Waals surface area contributed by atoms with Gasteiger partial charge in [-0.25, -0.2) is 9.59 Å². The third-order valence-corrected chi connectivity index (χ3v) is 6.45. The van der Waals surface area contributed by atoms with Gasteiger partial charge in [-0.05, 0) is 45.0 Å². The van der Waals surface area contributed by atoms with Crippen molar-refractivity contribution < 1.29 is 18.8 Å². The molecule has 15 heteroatoms. The summed E-state index contributed by atoms with van der Waals surface area (Å²) >= 11 is 19.5. The zero-order valence-corrected chi connectivity index (χ0v) is 22.8. The van der Waals surface area contributed by atoms with E-state index in [1.165, 1.54) is 19.1 Å². The average molecular weight is 594 g/mol. The van der Waals surface area contributed by atoms with Crippen molar-refractivity contribution in [1.29, 1.82) is 0 Å². The number of benzene rings is 2. The van der Waals surface area contributed by atoms with Gasteiger partial charge < -0.3 is 9.26 Å². The first-order valence-corrected chi connectivity index (χ1v) is 12.4. The van der Waals surface area contributed by atoms with Crippen LogP contribution in [0.5, 0.6) is 0 Å². The highest BCUT2D eigenvalue weighted by Gasteiger charge is 2.34. The molecule has 2 aromatic heterocycles. The Kier molecular flexibility index (Phi) is 7.91. The molecule has 4 rings (SSSR count). The number of aromatic nitrogens is 5.